The lowest BCUT2D eigenvalue weighted by molar-refractivity contribution is -0.144. The van der Waals surface area contributed by atoms with Gasteiger partial charge in [0.05, 0.1) is 25.3 Å². The molecule has 0 bridgehead atoms. The number of primary amides is 1. The van der Waals surface area contributed by atoms with Crippen LogP contribution in [0, 0.1) is 5.92 Å². The molecule has 9 unspecified atom stereocenters. The highest BCUT2D eigenvalue weighted by atomic mass is 16.4. The van der Waals surface area contributed by atoms with Gasteiger partial charge in [-0.2, -0.15) is 0 Å². The van der Waals surface area contributed by atoms with E-state index in [0.717, 1.165) is 0 Å². The second kappa shape index (κ2) is 32.9. The van der Waals surface area contributed by atoms with Gasteiger partial charge < -0.3 is 91.4 Å². The predicted octanol–water partition coefficient (Wildman–Crippen LogP) is -6.43. The van der Waals surface area contributed by atoms with Crippen LogP contribution in [-0.2, 0) is 62.3 Å². The van der Waals surface area contributed by atoms with E-state index in [1.165, 1.54) is 6.92 Å². The molecular formula is C40H67N13O18. The van der Waals surface area contributed by atoms with Gasteiger partial charge in [0.2, 0.25) is 47.3 Å². The summed E-state index contributed by atoms with van der Waals surface area (Å²) in [6, 6.07) is -14.1. The van der Waals surface area contributed by atoms with Crippen molar-refractivity contribution in [2.75, 3.05) is 13.1 Å². The average Bonchev–Trinajstić information content (AvgIpc) is 3.27. The Bertz CT molecular complexity index is 1950. The molecule has 0 aromatic rings. The van der Waals surface area contributed by atoms with Crippen molar-refractivity contribution in [3.63, 3.8) is 0 Å². The maximum absolute atomic E-state index is 13.9. The fourth-order valence-electron chi connectivity index (χ4n) is 6.23. The Morgan fingerprint density at radius 1 is 0.479 bits per heavy atom. The second-order valence-electron chi connectivity index (χ2n) is 16.1. The van der Waals surface area contributed by atoms with Crippen LogP contribution < -0.4 is 65.9 Å². The van der Waals surface area contributed by atoms with E-state index in [9.17, 15) is 82.8 Å². The lowest BCUT2D eigenvalue weighted by Crippen LogP contribution is -2.61. The minimum Gasteiger partial charge on any atom is -0.481 e. The van der Waals surface area contributed by atoms with E-state index >= 15 is 0 Å². The van der Waals surface area contributed by atoms with Crippen LogP contribution in [0.2, 0.25) is 0 Å². The summed E-state index contributed by atoms with van der Waals surface area (Å²) >= 11 is 0. The van der Waals surface area contributed by atoms with Crippen molar-refractivity contribution < 1.29 is 87.9 Å². The van der Waals surface area contributed by atoms with Crippen molar-refractivity contribution >= 4 is 83.1 Å². The number of unbranched alkanes of at least 4 members (excludes halogenated alkanes) is 1. The number of guanidine groups is 1. The summed E-state index contributed by atoms with van der Waals surface area (Å²) in [5, 5.41) is 62.4. The molecule has 31 nitrogen and oxygen atoms in total. The minimum atomic E-state index is -2.01. The number of hydrogen-bond donors (Lipinski definition) is 17. The summed E-state index contributed by atoms with van der Waals surface area (Å²) in [6.45, 7) is 3.24. The van der Waals surface area contributed by atoms with Gasteiger partial charge >= 0.3 is 29.8 Å². The molecule has 8 amide bonds. The van der Waals surface area contributed by atoms with Crippen molar-refractivity contribution in [3.8, 4) is 0 Å². The van der Waals surface area contributed by atoms with Crippen LogP contribution in [0.1, 0.15) is 97.3 Å². The SMILES string of the molecule is CCC(C)C(NC(=O)C(CC(=O)O)NC(=O)C(CCC(=O)O)NC(=O)C(CCCN=C(N)N)NC(=O)C(CC(N)=O)NC(=O)C(CC(=O)O)NC(=O)C(N)CCC(=O)O)C(=O)NC(CCCCN)C(=O)O. The molecule has 400 valence electrons. The van der Waals surface area contributed by atoms with Gasteiger partial charge in [0, 0.05) is 19.4 Å². The van der Waals surface area contributed by atoms with Gasteiger partial charge in [-0.3, -0.25) is 62.5 Å². The van der Waals surface area contributed by atoms with E-state index in [1.807, 2.05) is 10.6 Å². The molecule has 0 saturated carbocycles. The van der Waals surface area contributed by atoms with Gasteiger partial charge in [0.25, 0.3) is 0 Å². The third-order valence-corrected chi connectivity index (χ3v) is 10.3. The van der Waals surface area contributed by atoms with Gasteiger partial charge in [0.15, 0.2) is 5.96 Å². The first kappa shape index (κ1) is 63.3. The van der Waals surface area contributed by atoms with Crippen molar-refractivity contribution in [2.45, 2.75) is 146 Å². The molecule has 0 aliphatic rings. The van der Waals surface area contributed by atoms with Gasteiger partial charge in [-0.15, -0.1) is 0 Å². The van der Waals surface area contributed by atoms with E-state index in [1.54, 1.807) is 6.92 Å². The highest BCUT2D eigenvalue weighted by Crippen LogP contribution is 2.12. The van der Waals surface area contributed by atoms with Crippen LogP contribution in [0.25, 0.3) is 0 Å². The Kier molecular flexibility index (Phi) is 29.4. The van der Waals surface area contributed by atoms with Crippen LogP contribution in [0.5, 0.6) is 0 Å². The van der Waals surface area contributed by atoms with E-state index in [4.69, 9.17) is 33.8 Å². The zero-order valence-electron chi connectivity index (χ0n) is 39.2. The number of aliphatic imine (C=N–C) groups is 1. The number of nitrogens with two attached hydrogens (primary N) is 5. The smallest absolute Gasteiger partial charge is 0.326 e. The summed E-state index contributed by atoms with van der Waals surface area (Å²) in [5.74, 6) is -18.5. The molecule has 31 heteroatoms. The molecule has 0 spiro atoms. The summed E-state index contributed by atoms with van der Waals surface area (Å²) in [4.78, 5) is 168. The van der Waals surface area contributed by atoms with Crippen molar-refractivity contribution in [3.05, 3.63) is 0 Å². The molecule has 0 rings (SSSR count). The number of carbonyl (C=O) groups is 13. The highest BCUT2D eigenvalue weighted by molar-refractivity contribution is 6.00. The van der Waals surface area contributed by atoms with Gasteiger partial charge in [0.1, 0.15) is 42.3 Å². The number of carboxylic acid groups (broad SMARTS) is 5. The molecule has 0 saturated heterocycles. The van der Waals surface area contributed by atoms with Gasteiger partial charge in [-0.05, 0) is 57.4 Å². The monoisotopic (exact) mass is 1020 g/mol. The Morgan fingerprint density at radius 2 is 0.887 bits per heavy atom. The quantitative estimate of drug-likeness (QED) is 0.0156. The van der Waals surface area contributed by atoms with Gasteiger partial charge in [-0.1, -0.05) is 20.3 Å². The zero-order chi connectivity index (χ0) is 54.5. The maximum atomic E-state index is 13.9. The van der Waals surface area contributed by atoms with Crippen LogP contribution in [0.4, 0.5) is 0 Å². The predicted molar refractivity (Wildman–Crippen MR) is 243 cm³/mol. The Hall–Kier alpha value is -7.70. The molecule has 0 aliphatic heterocycles. The Balaban J connectivity index is 6.84. The van der Waals surface area contributed by atoms with Crippen molar-refractivity contribution in [1.29, 1.82) is 0 Å². The van der Waals surface area contributed by atoms with Crippen molar-refractivity contribution in [2.24, 2.45) is 39.6 Å². The standard InChI is InChI=1S/C40H67N13O18/c1-3-18(2)31(38(69)49-22(39(70)71)7-4-5-13-41)53-37(68)25(17-30(61)62)52-34(65)21(10-12-28(57)58)48-33(64)20(8-6-14-46-40(44)45)47-35(66)23(15-26(43)54)51-36(67)24(16-29(59)60)50-32(63)19(42)9-11-27(55)56/h18-25,31H,3-17,41-42H2,1-2H3,(H2,43,54)(H,47,66)(H,48,64)(H,49,69)(H,50,63)(H,51,67)(H,52,65)(H,53,68)(H,55,56)(H,57,58)(H,59,60)(H,61,62)(H,70,71)(H4,44,45,46). The normalized spacial score (nSPS) is 14.6. The topological polar surface area (TPSA) is 550 Å². The number of rotatable bonds is 37. The van der Waals surface area contributed by atoms with Crippen molar-refractivity contribution in [1.82, 2.24) is 37.2 Å². The van der Waals surface area contributed by atoms with E-state index < -0.39 is 183 Å². The average molecular weight is 1020 g/mol. The van der Waals surface area contributed by atoms with Crippen LogP contribution in [0.3, 0.4) is 0 Å². The van der Waals surface area contributed by atoms with Crippen LogP contribution >= 0.6 is 0 Å². The first-order chi connectivity index (χ1) is 33.1. The summed E-state index contributed by atoms with van der Waals surface area (Å²) < 4.78 is 0. The number of carbonyl (C=O) groups excluding carboxylic acids is 8. The second-order valence-corrected chi connectivity index (χ2v) is 16.1. The summed E-state index contributed by atoms with van der Waals surface area (Å²) in [7, 11) is 0. The fourth-order valence-corrected chi connectivity index (χ4v) is 6.23. The zero-order valence-corrected chi connectivity index (χ0v) is 39.2. The molecular weight excluding hydrogens is 951 g/mol. The van der Waals surface area contributed by atoms with Crippen LogP contribution in [0.15, 0.2) is 4.99 Å². The number of amides is 8. The number of aliphatic carboxylic acids is 5. The molecule has 0 aromatic carbocycles. The Morgan fingerprint density at radius 3 is 1.32 bits per heavy atom. The first-order valence-electron chi connectivity index (χ1n) is 22.2. The third kappa shape index (κ3) is 26.6. The van der Waals surface area contributed by atoms with E-state index in [-0.39, 0.29) is 38.3 Å². The van der Waals surface area contributed by atoms with Crippen LogP contribution in [-0.4, -0.2) is 170 Å². The number of nitrogens with zero attached hydrogens (tertiary/aromatic N) is 1. The molecule has 9 atom stereocenters. The largest absolute Gasteiger partial charge is 0.481 e. The molecule has 0 radical (unpaired) electrons. The molecule has 0 heterocycles. The molecule has 71 heavy (non-hydrogen) atoms. The maximum Gasteiger partial charge on any atom is 0.326 e. The first-order valence-corrected chi connectivity index (χ1v) is 22.2. The lowest BCUT2D eigenvalue weighted by Gasteiger charge is -2.28. The fraction of sp³-hybridized carbons (Fsp3) is 0.650. The molecule has 0 fully saturated rings. The minimum absolute atomic E-state index is 0.0162. The van der Waals surface area contributed by atoms with E-state index in [2.05, 4.69) is 31.6 Å². The highest BCUT2D eigenvalue weighted by Gasteiger charge is 2.37. The third-order valence-electron chi connectivity index (χ3n) is 10.3. The Labute approximate surface area is 405 Å². The summed E-state index contributed by atoms with van der Waals surface area (Å²) in [6.07, 6.45) is -5.32. The number of nitrogens with one attached hydrogen (secondary N) is 7. The summed E-state index contributed by atoms with van der Waals surface area (Å²) in [5.41, 5.74) is 27.2. The molecule has 0 aromatic heterocycles. The van der Waals surface area contributed by atoms with Gasteiger partial charge in [-0.25, -0.2) is 4.79 Å². The molecule has 22 N–H and O–H groups in total. The number of carboxylic acids is 5. The van der Waals surface area contributed by atoms with E-state index in [0.29, 0.717) is 12.8 Å². The molecule has 0 aliphatic carbocycles. The number of hydrogen-bond acceptors (Lipinski definition) is 16. The lowest BCUT2D eigenvalue weighted by atomic mass is 9.97.